The molecule has 0 aliphatic carbocycles. The summed E-state index contributed by atoms with van der Waals surface area (Å²) in [4.78, 5) is 62.5. The molecule has 65 heavy (non-hydrogen) atoms. The Morgan fingerprint density at radius 3 is 1.43 bits per heavy atom. The molecule has 372 valence electrons. The van der Waals surface area contributed by atoms with Crippen LogP contribution in [0.2, 0.25) is 0 Å². The molecule has 1 aliphatic rings. The quantitative estimate of drug-likeness (QED) is 0.0368. The average molecular weight is 915 g/mol. The molecule has 0 spiro atoms. The highest BCUT2D eigenvalue weighted by molar-refractivity contribution is 5.76. The van der Waals surface area contributed by atoms with Gasteiger partial charge in [-0.3, -0.25) is 24.0 Å². The van der Waals surface area contributed by atoms with Gasteiger partial charge in [0.15, 0.2) is 18.3 Å². The predicted octanol–water partition coefficient (Wildman–Crippen LogP) is 11.1. The van der Waals surface area contributed by atoms with Gasteiger partial charge in [-0.05, 0) is 37.7 Å². The number of unbranched alkanes of at least 4 members (excludes halogenated alkanes) is 23. The van der Waals surface area contributed by atoms with E-state index in [1.54, 1.807) is 0 Å². The van der Waals surface area contributed by atoms with Gasteiger partial charge >= 0.3 is 23.9 Å². The second-order valence-corrected chi connectivity index (χ2v) is 18.6. The Morgan fingerprint density at radius 1 is 0.554 bits per heavy atom. The molecule has 0 aromatic heterocycles. The minimum absolute atomic E-state index is 0.0874. The standard InChI is InChI=1S/C53H90N2O10/c1-6-7-8-9-10-11-12-13-14-15-16-17-18-19-20-21-22-23-24-25-26-27-31-38-50(60)55-47(46(54)37-33-32-36-45-34-29-28-30-35-45)39-48-51(62-42(3)57)53(64-44(5)59)52(63-43(4)58)49(65-48)40-61-41(2)56/h28-30,34-35,46-49,51-53H,6-27,31-33,36-40,54H2,1-5H3,(H,55,60)/t46-,47-,48?,49-,51+,52+,53-/m1/s1. The minimum Gasteiger partial charge on any atom is -0.463 e. The number of benzene rings is 1. The zero-order valence-corrected chi connectivity index (χ0v) is 41.3. The van der Waals surface area contributed by atoms with E-state index in [1.807, 2.05) is 18.2 Å². The minimum atomic E-state index is -1.29. The van der Waals surface area contributed by atoms with Gasteiger partial charge in [-0.2, -0.15) is 0 Å². The normalized spacial score (nSPS) is 19.2. The topological polar surface area (TPSA) is 170 Å². The number of rotatable bonds is 38. The van der Waals surface area contributed by atoms with Gasteiger partial charge in [-0.1, -0.05) is 185 Å². The zero-order valence-electron chi connectivity index (χ0n) is 41.3. The van der Waals surface area contributed by atoms with Crippen LogP contribution in [0, 0.1) is 0 Å². The second kappa shape index (κ2) is 36.6. The Kier molecular flexibility index (Phi) is 32.4. The number of nitrogens with one attached hydrogen (secondary N) is 1. The van der Waals surface area contributed by atoms with Gasteiger partial charge in [-0.15, -0.1) is 0 Å². The smallest absolute Gasteiger partial charge is 0.303 e. The molecule has 0 bridgehead atoms. The number of carbonyl (C=O) groups is 5. The Balaban J connectivity index is 1.85. The number of ether oxygens (including phenoxy) is 5. The molecule has 12 nitrogen and oxygen atoms in total. The first-order valence-electron chi connectivity index (χ1n) is 25.8. The van der Waals surface area contributed by atoms with Crippen LogP contribution in [0.5, 0.6) is 0 Å². The fourth-order valence-electron chi connectivity index (χ4n) is 9.00. The largest absolute Gasteiger partial charge is 0.463 e. The number of hydrogen-bond donors (Lipinski definition) is 2. The van der Waals surface area contributed by atoms with Crippen molar-refractivity contribution in [2.45, 2.75) is 263 Å². The Hall–Kier alpha value is -3.51. The predicted molar refractivity (Wildman–Crippen MR) is 257 cm³/mol. The molecule has 0 saturated carbocycles. The molecule has 1 aliphatic heterocycles. The van der Waals surface area contributed by atoms with Crippen LogP contribution < -0.4 is 11.1 Å². The van der Waals surface area contributed by atoms with E-state index in [0.29, 0.717) is 12.8 Å². The summed E-state index contributed by atoms with van der Waals surface area (Å²) in [5.74, 6) is -2.80. The van der Waals surface area contributed by atoms with Crippen LogP contribution >= 0.6 is 0 Å². The van der Waals surface area contributed by atoms with Crippen molar-refractivity contribution in [2.24, 2.45) is 5.73 Å². The van der Waals surface area contributed by atoms with E-state index < -0.39 is 66.5 Å². The lowest BCUT2D eigenvalue weighted by atomic mass is 9.88. The number of nitrogens with two attached hydrogens (primary N) is 1. The summed E-state index contributed by atoms with van der Waals surface area (Å²) in [5.41, 5.74) is 8.10. The molecular formula is C53H90N2O10. The number of hydrogen-bond acceptors (Lipinski definition) is 11. The van der Waals surface area contributed by atoms with Crippen LogP contribution in [-0.2, 0) is 54.1 Å². The van der Waals surface area contributed by atoms with Crippen molar-refractivity contribution >= 4 is 29.8 Å². The zero-order chi connectivity index (χ0) is 47.5. The molecule has 7 atom stereocenters. The molecule has 1 aromatic rings. The summed E-state index contributed by atoms with van der Waals surface area (Å²) in [6.07, 6.45) is 27.9. The lowest BCUT2D eigenvalue weighted by Crippen LogP contribution is -2.64. The van der Waals surface area contributed by atoms with Crippen molar-refractivity contribution < 1.29 is 47.7 Å². The van der Waals surface area contributed by atoms with E-state index in [0.717, 1.165) is 38.5 Å². The molecule has 1 unspecified atom stereocenters. The first kappa shape index (κ1) is 57.6. The summed E-state index contributed by atoms with van der Waals surface area (Å²) < 4.78 is 28.6. The highest BCUT2D eigenvalue weighted by Gasteiger charge is 2.52. The average Bonchev–Trinajstić information content (AvgIpc) is 3.26. The van der Waals surface area contributed by atoms with Gasteiger partial charge in [-0.25, -0.2) is 0 Å². The maximum atomic E-state index is 13.5. The van der Waals surface area contributed by atoms with E-state index in [-0.39, 0.29) is 18.9 Å². The summed E-state index contributed by atoms with van der Waals surface area (Å²) >= 11 is 0. The van der Waals surface area contributed by atoms with Gasteiger partial charge in [0.05, 0.1) is 0 Å². The molecule has 1 amide bonds. The van der Waals surface area contributed by atoms with E-state index in [1.165, 1.54) is 162 Å². The van der Waals surface area contributed by atoms with Crippen molar-refractivity contribution in [3.05, 3.63) is 35.9 Å². The summed E-state index contributed by atoms with van der Waals surface area (Å²) in [7, 11) is 0. The second-order valence-electron chi connectivity index (χ2n) is 18.6. The molecule has 1 aromatic carbocycles. The fourth-order valence-corrected chi connectivity index (χ4v) is 9.00. The fraction of sp³-hybridized carbons (Fsp3) is 0.792. The van der Waals surface area contributed by atoms with Crippen molar-refractivity contribution in [1.29, 1.82) is 0 Å². The number of aryl methyl sites for hydroxylation is 1. The summed E-state index contributed by atoms with van der Waals surface area (Å²) in [5, 5.41) is 3.16. The maximum absolute atomic E-state index is 13.5. The van der Waals surface area contributed by atoms with Crippen LogP contribution in [0.3, 0.4) is 0 Å². The lowest BCUT2D eigenvalue weighted by Gasteiger charge is -2.45. The molecule has 12 heteroatoms. The molecule has 1 saturated heterocycles. The molecule has 1 fully saturated rings. The lowest BCUT2D eigenvalue weighted by molar-refractivity contribution is -0.254. The van der Waals surface area contributed by atoms with Crippen LogP contribution in [-0.4, -0.2) is 79.0 Å². The van der Waals surface area contributed by atoms with Crippen LogP contribution in [0.4, 0.5) is 0 Å². The highest BCUT2D eigenvalue weighted by Crippen LogP contribution is 2.32. The SMILES string of the molecule is CCCCCCCCCCCCCCCCCCCCCCCCCC(=O)N[C@H](CC1O[C@H](COC(C)=O)[C@H](OC(C)=O)[C@H](OC(C)=O)[C@H]1OC(C)=O)[C@H](N)CCCCc1ccccc1. The van der Waals surface area contributed by atoms with Gasteiger partial charge in [0.2, 0.25) is 5.91 Å². The third-order valence-electron chi connectivity index (χ3n) is 12.5. The first-order chi connectivity index (χ1) is 31.4. The van der Waals surface area contributed by atoms with Gasteiger partial charge in [0.1, 0.15) is 18.8 Å². The Bertz CT molecular complexity index is 1430. The monoisotopic (exact) mass is 915 g/mol. The maximum Gasteiger partial charge on any atom is 0.303 e. The molecule has 1 heterocycles. The van der Waals surface area contributed by atoms with Crippen LogP contribution in [0.15, 0.2) is 30.3 Å². The van der Waals surface area contributed by atoms with Crippen LogP contribution in [0.1, 0.15) is 220 Å². The van der Waals surface area contributed by atoms with Crippen LogP contribution in [0.25, 0.3) is 0 Å². The number of esters is 4. The first-order valence-corrected chi connectivity index (χ1v) is 25.8. The molecule has 0 radical (unpaired) electrons. The van der Waals surface area contributed by atoms with Crippen molar-refractivity contribution in [3.63, 3.8) is 0 Å². The van der Waals surface area contributed by atoms with Gasteiger partial charge in [0, 0.05) is 46.2 Å². The molecule has 2 rings (SSSR count). The summed E-state index contributed by atoms with van der Waals surface area (Å²) in [6, 6.07) is 9.11. The molecule has 3 N–H and O–H groups in total. The summed E-state index contributed by atoms with van der Waals surface area (Å²) in [6.45, 7) is 6.79. The van der Waals surface area contributed by atoms with Gasteiger partial charge < -0.3 is 34.7 Å². The van der Waals surface area contributed by atoms with E-state index in [9.17, 15) is 24.0 Å². The van der Waals surface area contributed by atoms with Gasteiger partial charge in [0.25, 0.3) is 0 Å². The Labute approximate surface area is 393 Å². The van der Waals surface area contributed by atoms with Crippen molar-refractivity contribution in [3.8, 4) is 0 Å². The van der Waals surface area contributed by atoms with E-state index in [2.05, 4.69) is 24.4 Å². The van der Waals surface area contributed by atoms with Crippen molar-refractivity contribution in [1.82, 2.24) is 5.32 Å². The number of amides is 1. The number of carbonyl (C=O) groups excluding carboxylic acids is 5. The Morgan fingerprint density at radius 2 is 0.985 bits per heavy atom. The van der Waals surface area contributed by atoms with E-state index >= 15 is 0 Å². The molecular weight excluding hydrogens is 825 g/mol. The third-order valence-corrected chi connectivity index (χ3v) is 12.5. The third kappa shape index (κ3) is 28.3. The van der Waals surface area contributed by atoms with Crippen molar-refractivity contribution in [2.75, 3.05) is 6.61 Å². The highest BCUT2D eigenvalue weighted by atomic mass is 16.7. The van der Waals surface area contributed by atoms with E-state index in [4.69, 9.17) is 29.4 Å².